The average Bonchev–Trinajstić information content (AvgIpc) is 2.89. The number of nitrogens with two attached hydrogens (primary N) is 1. The zero-order valence-corrected chi connectivity index (χ0v) is 12.3. The van der Waals surface area contributed by atoms with Crippen molar-refractivity contribution in [3.63, 3.8) is 0 Å². The van der Waals surface area contributed by atoms with Gasteiger partial charge in [-0.3, -0.25) is 4.90 Å². The van der Waals surface area contributed by atoms with Crippen molar-refractivity contribution in [3.05, 3.63) is 46.0 Å². The van der Waals surface area contributed by atoms with E-state index in [4.69, 9.17) is 28.9 Å². The monoisotopic (exact) mass is 311 g/mol. The van der Waals surface area contributed by atoms with E-state index in [-0.39, 0.29) is 6.04 Å². The summed E-state index contributed by atoms with van der Waals surface area (Å²) in [6, 6.07) is 5.61. The van der Waals surface area contributed by atoms with E-state index in [2.05, 4.69) is 19.7 Å². The lowest BCUT2D eigenvalue weighted by atomic mass is 10.0. The minimum atomic E-state index is 0.0604. The van der Waals surface area contributed by atoms with Gasteiger partial charge in [-0.25, -0.2) is 0 Å². The maximum atomic E-state index is 6.30. The van der Waals surface area contributed by atoms with Gasteiger partial charge in [0.15, 0.2) is 0 Å². The number of fused-ring (bicyclic) bond motifs is 1. The van der Waals surface area contributed by atoms with Crippen molar-refractivity contribution in [1.29, 1.82) is 0 Å². The molecule has 1 aromatic carbocycles. The summed E-state index contributed by atoms with van der Waals surface area (Å²) in [6.07, 6.45) is 1.76. The Hall–Kier alpha value is -1.14. The van der Waals surface area contributed by atoms with Gasteiger partial charge in [0.2, 0.25) is 0 Å². The smallest absolute Gasteiger partial charge is 0.147 e. The molecule has 106 valence electrons. The van der Waals surface area contributed by atoms with Crippen LogP contribution in [0.3, 0.4) is 0 Å². The van der Waals surface area contributed by atoms with Crippen LogP contribution in [0.15, 0.2) is 24.5 Å². The van der Waals surface area contributed by atoms with E-state index in [9.17, 15) is 0 Å². The first-order chi connectivity index (χ1) is 9.69. The Labute approximate surface area is 127 Å². The first kappa shape index (κ1) is 13.8. The molecular formula is C13H15Cl2N5. The van der Waals surface area contributed by atoms with E-state index >= 15 is 0 Å². The summed E-state index contributed by atoms with van der Waals surface area (Å²) in [4.78, 5) is 2.28. The molecule has 0 spiro atoms. The van der Waals surface area contributed by atoms with E-state index in [1.54, 1.807) is 12.4 Å². The lowest BCUT2D eigenvalue weighted by molar-refractivity contribution is 0.156. The quantitative estimate of drug-likeness (QED) is 0.943. The molecule has 0 radical (unpaired) electrons. The van der Waals surface area contributed by atoms with Crippen LogP contribution in [0.4, 0.5) is 0 Å². The molecule has 0 bridgehead atoms. The second kappa shape index (κ2) is 5.69. The van der Waals surface area contributed by atoms with Crippen LogP contribution in [-0.2, 0) is 13.1 Å². The predicted octanol–water partition coefficient (Wildman–Crippen LogP) is 2.10. The molecule has 3 rings (SSSR count). The van der Waals surface area contributed by atoms with Gasteiger partial charge in [0.05, 0.1) is 6.54 Å². The molecule has 0 aliphatic carbocycles. The number of rotatable bonds is 3. The molecule has 1 atom stereocenters. The molecule has 1 aromatic heterocycles. The lowest BCUT2D eigenvalue weighted by Gasteiger charge is -2.34. The van der Waals surface area contributed by atoms with Gasteiger partial charge in [0.1, 0.15) is 12.2 Å². The zero-order valence-electron chi connectivity index (χ0n) is 10.8. The van der Waals surface area contributed by atoms with Crippen LogP contribution in [0, 0.1) is 0 Å². The van der Waals surface area contributed by atoms with Crippen molar-refractivity contribution in [2.75, 3.05) is 13.1 Å². The molecule has 2 N–H and O–H groups in total. The number of hydrogen-bond donors (Lipinski definition) is 1. The SMILES string of the molecule is NCC(c1ccc(Cl)cc1Cl)N1CCn2cnnc2C1. The fourth-order valence-corrected chi connectivity index (χ4v) is 3.13. The van der Waals surface area contributed by atoms with E-state index in [0.29, 0.717) is 16.6 Å². The molecule has 20 heavy (non-hydrogen) atoms. The van der Waals surface area contributed by atoms with Crippen molar-refractivity contribution in [3.8, 4) is 0 Å². The van der Waals surface area contributed by atoms with Gasteiger partial charge in [-0.2, -0.15) is 0 Å². The highest BCUT2D eigenvalue weighted by atomic mass is 35.5. The molecule has 5 nitrogen and oxygen atoms in total. The first-order valence-corrected chi connectivity index (χ1v) is 7.20. The van der Waals surface area contributed by atoms with Gasteiger partial charge < -0.3 is 10.3 Å². The predicted molar refractivity (Wildman–Crippen MR) is 78.7 cm³/mol. The second-order valence-corrected chi connectivity index (χ2v) is 5.67. The molecule has 1 unspecified atom stereocenters. The van der Waals surface area contributed by atoms with Gasteiger partial charge in [-0.05, 0) is 17.7 Å². The maximum Gasteiger partial charge on any atom is 0.147 e. The molecule has 1 aliphatic rings. The Kier molecular flexibility index (Phi) is 3.94. The Balaban J connectivity index is 1.87. The van der Waals surface area contributed by atoms with Gasteiger partial charge in [-0.1, -0.05) is 29.3 Å². The Morgan fingerprint density at radius 1 is 1.30 bits per heavy atom. The highest BCUT2D eigenvalue weighted by molar-refractivity contribution is 6.35. The molecule has 0 amide bonds. The third kappa shape index (κ3) is 2.54. The Morgan fingerprint density at radius 2 is 2.15 bits per heavy atom. The highest BCUT2D eigenvalue weighted by Crippen LogP contribution is 2.31. The topological polar surface area (TPSA) is 60.0 Å². The van der Waals surface area contributed by atoms with Crippen molar-refractivity contribution in [2.45, 2.75) is 19.1 Å². The van der Waals surface area contributed by atoms with Crippen LogP contribution < -0.4 is 5.73 Å². The molecular weight excluding hydrogens is 297 g/mol. The minimum absolute atomic E-state index is 0.0604. The summed E-state index contributed by atoms with van der Waals surface area (Å²) in [5, 5.41) is 9.35. The van der Waals surface area contributed by atoms with Crippen molar-refractivity contribution in [1.82, 2.24) is 19.7 Å². The van der Waals surface area contributed by atoms with E-state index in [1.807, 2.05) is 12.1 Å². The largest absolute Gasteiger partial charge is 0.329 e. The van der Waals surface area contributed by atoms with Gasteiger partial charge in [-0.15, -0.1) is 10.2 Å². The molecule has 7 heteroatoms. The summed E-state index contributed by atoms with van der Waals surface area (Å²) in [7, 11) is 0. The summed E-state index contributed by atoms with van der Waals surface area (Å²) in [6.45, 7) is 2.98. The normalized spacial score (nSPS) is 16.9. The van der Waals surface area contributed by atoms with Crippen molar-refractivity contribution >= 4 is 23.2 Å². The standard InChI is InChI=1S/C13H15Cl2N5/c14-9-1-2-10(11(15)5-9)12(6-16)19-3-4-20-8-17-18-13(20)7-19/h1-2,5,8,12H,3-4,6-7,16H2. The van der Waals surface area contributed by atoms with Crippen molar-refractivity contribution in [2.24, 2.45) is 5.73 Å². The summed E-state index contributed by atoms with van der Waals surface area (Å²) < 4.78 is 2.06. The maximum absolute atomic E-state index is 6.30. The van der Waals surface area contributed by atoms with Crippen molar-refractivity contribution < 1.29 is 0 Å². The Bertz CT molecular complexity index is 613. The molecule has 2 heterocycles. The highest BCUT2D eigenvalue weighted by Gasteiger charge is 2.26. The van der Waals surface area contributed by atoms with Crippen LogP contribution >= 0.6 is 23.2 Å². The van der Waals surface area contributed by atoms with Gasteiger partial charge >= 0.3 is 0 Å². The van der Waals surface area contributed by atoms with E-state index < -0.39 is 0 Å². The van der Waals surface area contributed by atoms with Gasteiger partial charge in [0, 0.05) is 35.7 Å². The van der Waals surface area contributed by atoms with Crippen LogP contribution in [-0.4, -0.2) is 32.8 Å². The zero-order chi connectivity index (χ0) is 14.1. The average molecular weight is 312 g/mol. The number of nitrogens with zero attached hydrogens (tertiary/aromatic N) is 4. The number of benzene rings is 1. The molecule has 0 saturated heterocycles. The minimum Gasteiger partial charge on any atom is -0.329 e. The summed E-state index contributed by atoms with van der Waals surface area (Å²) >= 11 is 12.3. The van der Waals surface area contributed by atoms with E-state index in [1.165, 1.54) is 0 Å². The molecule has 1 aliphatic heterocycles. The second-order valence-electron chi connectivity index (χ2n) is 4.83. The molecule has 0 saturated carbocycles. The third-order valence-electron chi connectivity index (χ3n) is 3.65. The third-order valence-corrected chi connectivity index (χ3v) is 4.22. The lowest BCUT2D eigenvalue weighted by Crippen LogP contribution is -2.39. The first-order valence-electron chi connectivity index (χ1n) is 6.45. The Morgan fingerprint density at radius 3 is 2.90 bits per heavy atom. The van der Waals surface area contributed by atoms with Crippen LogP contribution in [0.5, 0.6) is 0 Å². The number of hydrogen-bond acceptors (Lipinski definition) is 4. The summed E-state index contributed by atoms with van der Waals surface area (Å²) in [5.41, 5.74) is 6.97. The molecule has 0 fully saturated rings. The molecule has 2 aromatic rings. The van der Waals surface area contributed by atoms with Crippen LogP contribution in [0.2, 0.25) is 10.0 Å². The van der Waals surface area contributed by atoms with Crippen LogP contribution in [0.25, 0.3) is 0 Å². The fraction of sp³-hybridized carbons (Fsp3) is 0.385. The van der Waals surface area contributed by atoms with E-state index in [0.717, 1.165) is 31.0 Å². The van der Waals surface area contributed by atoms with Crippen LogP contribution in [0.1, 0.15) is 17.4 Å². The van der Waals surface area contributed by atoms with Gasteiger partial charge in [0.25, 0.3) is 0 Å². The number of aromatic nitrogens is 3. The fourth-order valence-electron chi connectivity index (χ4n) is 2.60. The number of halogens is 2. The summed E-state index contributed by atoms with van der Waals surface area (Å²) in [5.74, 6) is 0.958.